The summed E-state index contributed by atoms with van der Waals surface area (Å²) in [5, 5.41) is 12.1. The Bertz CT molecular complexity index is 1070. The van der Waals surface area contributed by atoms with Crippen LogP contribution >= 0.6 is 12.4 Å². The van der Waals surface area contributed by atoms with Crippen LogP contribution in [0.2, 0.25) is 0 Å². The number of aliphatic imine (C=N–C) groups is 1. The van der Waals surface area contributed by atoms with Crippen molar-refractivity contribution in [3.8, 4) is 11.5 Å². The monoisotopic (exact) mass is 458 g/mol. The van der Waals surface area contributed by atoms with Crippen molar-refractivity contribution in [1.82, 2.24) is 9.88 Å². The van der Waals surface area contributed by atoms with Crippen LogP contribution in [0.25, 0.3) is 0 Å². The summed E-state index contributed by atoms with van der Waals surface area (Å²) in [6.45, 7) is 1.52. The minimum Gasteiger partial charge on any atom is -0.491 e. The maximum absolute atomic E-state index is 12.7. The van der Waals surface area contributed by atoms with Gasteiger partial charge in [0.1, 0.15) is 11.7 Å². The van der Waals surface area contributed by atoms with E-state index in [4.69, 9.17) is 14.6 Å². The molecular weight excluding hydrogens is 436 g/mol. The SMILES string of the molecule is COc1c(OCCCC(=O)O)ccc2c1NC(=CC(=O)c1cccnc1)N1CCN=C21.Cl. The van der Waals surface area contributed by atoms with Crippen LogP contribution in [0, 0.1) is 0 Å². The first-order valence-corrected chi connectivity index (χ1v) is 9.89. The standard InChI is InChI=1S/C22H22N4O5.ClH/c1-30-21-17(31-11-3-5-19(28)29)7-6-15-20(21)25-18(26-10-9-24-22(15)26)12-16(27)14-4-2-8-23-13-14;/h2,4,6-8,12-13,25H,3,5,9-11H2,1H3,(H,28,29);1H. The number of aliphatic carboxylic acids is 1. The maximum atomic E-state index is 12.7. The Labute approximate surface area is 191 Å². The molecule has 0 saturated carbocycles. The van der Waals surface area contributed by atoms with Gasteiger partial charge < -0.3 is 24.8 Å². The van der Waals surface area contributed by atoms with E-state index in [0.717, 1.165) is 11.4 Å². The van der Waals surface area contributed by atoms with E-state index in [9.17, 15) is 9.59 Å². The lowest BCUT2D eigenvalue weighted by Crippen LogP contribution is -2.36. The number of methoxy groups -OCH3 is 1. The Kier molecular flexibility index (Phi) is 7.32. The Hall–Kier alpha value is -3.59. The lowest BCUT2D eigenvalue weighted by Gasteiger charge is -2.32. The summed E-state index contributed by atoms with van der Waals surface area (Å²) in [5.41, 5.74) is 1.99. The molecule has 4 rings (SSSR count). The highest BCUT2D eigenvalue weighted by molar-refractivity contribution is 6.11. The van der Waals surface area contributed by atoms with Crippen LogP contribution in [0.15, 0.2) is 53.5 Å². The van der Waals surface area contributed by atoms with E-state index in [1.54, 1.807) is 24.4 Å². The van der Waals surface area contributed by atoms with Crippen molar-refractivity contribution in [2.45, 2.75) is 12.8 Å². The molecule has 1 aromatic carbocycles. The second kappa shape index (κ2) is 10.1. The lowest BCUT2D eigenvalue weighted by atomic mass is 10.1. The Morgan fingerprint density at radius 1 is 1.31 bits per heavy atom. The second-order valence-electron chi connectivity index (χ2n) is 6.98. The Balaban J connectivity index is 0.00000289. The molecule has 0 radical (unpaired) electrons. The number of pyridine rings is 1. The maximum Gasteiger partial charge on any atom is 0.303 e. The van der Waals surface area contributed by atoms with Crippen molar-refractivity contribution in [2.75, 3.05) is 32.1 Å². The van der Waals surface area contributed by atoms with Gasteiger partial charge in [0, 0.05) is 42.6 Å². The Morgan fingerprint density at radius 2 is 2.16 bits per heavy atom. The molecule has 0 amide bonds. The number of nitrogens with one attached hydrogen (secondary N) is 1. The fourth-order valence-corrected chi connectivity index (χ4v) is 3.53. The number of carboxylic acids is 1. The van der Waals surface area contributed by atoms with Gasteiger partial charge in [-0.15, -0.1) is 12.4 Å². The number of allylic oxidation sites excluding steroid dienone is 1. The molecule has 2 aliphatic rings. The van der Waals surface area contributed by atoms with E-state index in [0.29, 0.717) is 48.1 Å². The summed E-state index contributed by atoms with van der Waals surface area (Å²) in [6, 6.07) is 7.10. The van der Waals surface area contributed by atoms with Gasteiger partial charge >= 0.3 is 5.97 Å². The molecule has 0 spiro atoms. The zero-order valence-corrected chi connectivity index (χ0v) is 18.2. The fraction of sp³-hybridized carbons (Fsp3) is 0.273. The largest absolute Gasteiger partial charge is 0.491 e. The van der Waals surface area contributed by atoms with Gasteiger partial charge in [-0.05, 0) is 30.7 Å². The highest BCUT2D eigenvalue weighted by Gasteiger charge is 2.33. The molecule has 0 unspecified atom stereocenters. The molecule has 10 heteroatoms. The summed E-state index contributed by atoms with van der Waals surface area (Å²) in [5.74, 6) is 1.28. The van der Waals surface area contributed by atoms with E-state index in [1.165, 1.54) is 19.4 Å². The van der Waals surface area contributed by atoms with Gasteiger partial charge in [0.2, 0.25) is 0 Å². The van der Waals surface area contributed by atoms with E-state index >= 15 is 0 Å². The number of halogens is 1. The van der Waals surface area contributed by atoms with Gasteiger partial charge in [0.15, 0.2) is 17.3 Å². The molecule has 0 fully saturated rings. The van der Waals surface area contributed by atoms with Gasteiger partial charge in [0.25, 0.3) is 0 Å². The first-order valence-electron chi connectivity index (χ1n) is 9.89. The smallest absolute Gasteiger partial charge is 0.303 e. The third-order valence-electron chi connectivity index (χ3n) is 4.96. The predicted molar refractivity (Wildman–Crippen MR) is 121 cm³/mol. The minimum absolute atomic E-state index is 0. The topological polar surface area (TPSA) is 113 Å². The van der Waals surface area contributed by atoms with Crippen LogP contribution in [-0.2, 0) is 4.79 Å². The predicted octanol–water partition coefficient (Wildman–Crippen LogP) is 2.97. The van der Waals surface area contributed by atoms with Crippen LogP contribution in [0.1, 0.15) is 28.8 Å². The number of ketones is 1. The Morgan fingerprint density at radius 3 is 2.88 bits per heavy atom. The highest BCUT2D eigenvalue weighted by Crippen LogP contribution is 2.43. The third kappa shape index (κ3) is 4.67. The summed E-state index contributed by atoms with van der Waals surface area (Å²) >= 11 is 0. The molecule has 2 aliphatic heterocycles. The van der Waals surface area contributed by atoms with E-state index < -0.39 is 5.97 Å². The molecule has 0 aliphatic carbocycles. The number of benzene rings is 1. The summed E-state index contributed by atoms with van der Waals surface area (Å²) in [7, 11) is 1.54. The third-order valence-corrected chi connectivity index (χ3v) is 4.96. The van der Waals surface area contributed by atoms with Crippen molar-refractivity contribution >= 4 is 35.7 Å². The number of carbonyl (C=O) groups excluding carboxylic acids is 1. The van der Waals surface area contributed by atoms with Crippen LogP contribution in [0.3, 0.4) is 0 Å². The molecule has 2 aromatic rings. The zero-order valence-electron chi connectivity index (χ0n) is 17.4. The molecule has 3 heterocycles. The summed E-state index contributed by atoms with van der Waals surface area (Å²) in [6.07, 6.45) is 5.08. The number of nitrogens with zero attached hydrogens (tertiary/aromatic N) is 3. The van der Waals surface area contributed by atoms with Crippen molar-refractivity contribution in [1.29, 1.82) is 0 Å². The first-order chi connectivity index (χ1) is 15.1. The van der Waals surface area contributed by atoms with Crippen LogP contribution in [0.4, 0.5) is 5.69 Å². The number of hydrogen-bond acceptors (Lipinski definition) is 8. The number of carbonyl (C=O) groups is 2. The molecule has 168 valence electrons. The van der Waals surface area contributed by atoms with E-state index in [1.807, 2.05) is 11.0 Å². The van der Waals surface area contributed by atoms with Crippen molar-refractivity contribution in [2.24, 2.45) is 4.99 Å². The van der Waals surface area contributed by atoms with Crippen LogP contribution in [0.5, 0.6) is 11.5 Å². The van der Waals surface area contributed by atoms with Crippen molar-refractivity contribution in [3.63, 3.8) is 0 Å². The lowest BCUT2D eigenvalue weighted by molar-refractivity contribution is -0.137. The van der Waals surface area contributed by atoms with Gasteiger partial charge in [-0.25, -0.2) is 0 Å². The quantitative estimate of drug-likeness (QED) is 0.352. The molecule has 0 saturated heterocycles. The number of rotatable bonds is 8. The molecule has 0 atom stereocenters. The normalized spacial score (nSPS) is 15.1. The average Bonchev–Trinajstić information content (AvgIpc) is 3.27. The molecule has 1 aromatic heterocycles. The van der Waals surface area contributed by atoms with Crippen molar-refractivity contribution in [3.05, 3.63) is 59.7 Å². The van der Waals surface area contributed by atoms with Crippen molar-refractivity contribution < 1.29 is 24.2 Å². The molecule has 32 heavy (non-hydrogen) atoms. The number of ether oxygens (including phenoxy) is 2. The number of amidine groups is 1. The summed E-state index contributed by atoms with van der Waals surface area (Å²) in [4.78, 5) is 34.0. The number of fused-ring (bicyclic) bond motifs is 3. The minimum atomic E-state index is -0.866. The molecule has 2 N–H and O–H groups in total. The fourth-order valence-electron chi connectivity index (χ4n) is 3.53. The summed E-state index contributed by atoms with van der Waals surface area (Å²) < 4.78 is 11.4. The number of anilines is 1. The van der Waals surface area contributed by atoms with Gasteiger partial charge in [-0.1, -0.05) is 0 Å². The zero-order chi connectivity index (χ0) is 21.8. The number of aromatic nitrogens is 1. The molecule has 0 bridgehead atoms. The van der Waals surface area contributed by atoms with Gasteiger partial charge in [-0.3, -0.25) is 19.6 Å². The van der Waals surface area contributed by atoms with Gasteiger partial charge in [0.05, 0.1) is 25.9 Å². The van der Waals surface area contributed by atoms with E-state index in [2.05, 4.69) is 15.3 Å². The molecular formula is C22H23ClN4O5. The number of carboxylic acid groups (broad SMARTS) is 1. The second-order valence-corrected chi connectivity index (χ2v) is 6.98. The van der Waals surface area contributed by atoms with Crippen LogP contribution < -0.4 is 14.8 Å². The van der Waals surface area contributed by atoms with E-state index in [-0.39, 0.29) is 31.2 Å². The average molecular weight is 459 g/mol. The number of hydrogen-bond donors (Lipinski definition) is 2. The van der Waals surface area contributed by atoms with Crippen LogP contribution in [-0.4, -0.2) is 59.4 Å². The molecule has 9 nitrogen and oxygen atoms in total. The highest BCUT2D eigenvalue weighted by atomic mass is 35.5. The first kappa shape index (κ1) is 23.1. The van der Waals surface area contributed by atoms with Gasteiger partial charge in [-0.2, -0.15) is 0 Å².